The Kier molecular flexibility index (Phi) is 9.51. The molecular formula is C14H12Br2F2N2O2. The molecule has 2 heterocycles. The van der Waals surface area contributed by atoms with E-state index >= 15 is 0 Å². The molecule has 0 amide bonds. The summed E-state index contributed by atoms with van der Waals surface area (Å²) in [5.74, 6) is -1.31. The second-order valence-corrected chi connectivity index (χ2v) is 4.46. The van der Waals surface area contributed by atoms with Gasteiger partial charge in [0.2, 0.25) is 0 Å². The first-order valence-corrected chi connectivity index (χ1v) is 6.87. The van der Waals surface area contributed by atoms with Crippen molar-refractivity contribution in [3.05, 3.63) is 59.7 Å². The van der Waals surface area contributed by atoms with Gasteiger partial charge in [0.1, 0.15) is 11.6 Å². The number of alkyl halides is 1. The number of rotatable bonds is 3. The number of carbonyl (C=O) groups excluding carboxylic acids is 2. The molecule has 2 rings (SSSR count). The number of halogens is 4. The number of carbonyl (C=O) groups is 2. The number of aromatic nitrogens is 2. The second kappa shape index (κ2) is 10.2. The molecule has 2 aromatic rings. The quantitative estimate of drug-likeness (QED) is 0.541. The lowest BCUT2D eigenvalue weighted by Gasteiger charge is -1.94. The average Bonchev–Trinajstić information content (AvgIpc) is 2.47. The molecule has 0 bridgehead atoms. The smallest absolute Gasteiger partial charge is 0.175 e. The Morgan fingerprint density at radius 3 is 1.82 bits per heavy atom. The number of hydrogen-bond acceptors (Lipinski definition) is 4. The van der Waals surface area contributed by atoms with E-state index in [1.807, 2.05) is 0 Å². The number of ketones is 2. The molecule has 22 heavy (non-hydrogen) atoms. The predicted octanol–water partition coefficient (Wildman–Crippen LogP) is 3.80. The van der Waals surface area contributed by atoms with E-state index in [1.165, 1.54) is 19.3 Å². The highest BCUT2D eigenvalue weighted by Gasteiger charge is 2.04. The summed E-state index contributed by atoms with van der Waals surface area (Å²) in [5, 5.41) is 0.193. The van der Waals surface area contributed by atoms with E-state index in [9.17, 15) is 18.4 Å². The fourth-order valence-electron chi connectivity index (χ4n) is 1.25. The van der Waals surface area contributed by atoms with Gasteiger partial charge in [-0.1, -0.05) is 15.9 Å². The van der Waals surface area contributed by atoms with Crippen molar-refractivity contribution in [2.45, 2.75) is 6.92 Å². The van der Waals surface area contributed by atoms with Crippen molar-refractivity contribution < 1.29 is 18.4 Å². The minimum atomic E-state index is -0.489. The summed E-state index contributed by atoms with van der Waals surface area (Å²) in [5.41, 5.74) is 0.599. The highest BCUT2D eigenvalue weighted by Crippen LogP contribution is 2.03. The van der Waals surface area contributed by atoms with Crippen LogP contribution in [0.25, 0.3) is 0 Å². The Morgan fingerprint density at radius 2 is 1.45 bits per heavy atom. The molecule has 118 valence electrons. The SMILES string of the molecule is Br.CC(=O)c1cncc(F)c1.O=C(CBr)c1cncc(F)c1. The largest absolute Gasteiger partial charge is 0.294 e. The molecule has 0 saturated heterocycles. The number of nitrogens with zero attached hydrogens (tertiary/aromatic N) is 2. The first kappa shape index (κ1) is 20.5. The van der Waals surface area contributed by atoms with Crippen LogP contribution in [0.2, 0.25) is 0 Å². The molecule has 0 unspecified atom stereocenters. The van der Waals surface area contributed by atoms with Crippen LogP contribution >= 0.6 is 32.9 Å². The van der Waals surface area contributed by atoms with Crippen molar-refractivity contribution >= 4 is 44.5 Å². The zero-order chi connectivity index (χ0) is 15.8. The van der Waals surface area contributed by atoms with Gasteiger partial charge >= 0.3 is 0 Å². The first-order chi connectivity index (χ1) is 9.93. The van der Waals surface area contributed by atoms with Crippen LogP contribution in [0, 0.1) is 11.6 Å². The van der Waals surface area contributed by atoms with Crippen LogP contribution in [0.5, 0.6) is 0 Å². The van der Waals surface area contributed by atoms with Crippen molar-refractivity contribution in [3.63, 3.8) is 0 Å². The molecule has 8 heteroatoms. The molecule has 0 aromatic carbocycles. The van der Waals surface area contributed by atoms with Gasteiger partial charge in [-0.3, -0.25) is 19.6 Å². The summed E-state index contributed by atoms with van der Waals surface area (Å²) >= 11 is 2.98. The van der Waals surface area contributed by atoms with Gasteiger partial charge in [-0.2, -0.15) is 0 Å². The first-order valence-electron chi connectivity index (χ1n) is 5.75. The van der Waals surface area contributed by atoms with Crippen molar-refractivity contribution in [2.24, 2.45) is 0 Å². The molecule has 0 aliphatic rings. The molecule has 4 nitrogen and oxygen atoms in total. The minimum Gasteiger partial charge on any atom is -0.294 e. The molecule has 2 aromatic heterocycles. The van der Waals surface area contributed by atoms with Gasteiger partial charge in [-0.15, -0.1) is 17.0 Å². The highest BCUT2D eigenvalue weighted by molar-refractivity contribution is 9.09. The minimum absolute atomic E-state index is 0. The van der Waals surface area contributed by atoms with Gasteiger partial charge in [0.25, 0.3) is 0 Å². The molecule has 0 radical (unpaired) electrons. The maximum atomic E-state index is 12.4. The van der Waals surface area contributed by atoms with E-state index in [1.54, 1.807) is 0 Å². The van der Waals surface area contributed by atoms with E-state index < -0.39 is 11.6 Å². The zero-order valence-electron chi connectivity index (χ0n) is 11.4. The van der Waals surface area contributed by atoms with Crippen molar-refractivity contribution in [1.82, 2.24) is 9.97 Å². The summed E-state index contributed by atoms with van der Waals surface area (Å²) in [4.78, 5) is 28.5. The summed E-state index contributed by atoms with van der Waals surface area (Å²) in [6.07, 6.45) is 4.80. The Hall–Kier alpha value is -1.54. The molecule has 0 atom stereocenters. The third kappa shape index (κ3) is 6.95. The maximum absolute atomic E-state index is 12.4. The summed E-state index contributed by atoms with van der Waals surface area (Å²) in [6, 6.07) is 2.33. The van der Waals surface area contributed by atoms with Gasteiger partial charge < -0.3 is 0 Å². The van der Waals surface area contributed by atoms with Crippen LogP contribution in [0.15, 0.2) is 36.9 Å². The molecule has 0 N–H and O–H groups in total. The zero-order valence-corrected chi connectivity index (χ0v) is 14.7. The van der Waals surface area contributed by atoms with Crippen molar-refractivity contribution in [1.29, 1.82) is 0 Å². The van der Waals surface area contributed by atoms with E-state index in [0.29, 0.717) is 11.1 Å². The Bertz CT molecular complexity index is 654. The third-order valence-electron chi connectivity index (χ3n) is 2.26. The second-order valence-electron chi connectivity index (χ2n) is 3.90. The highest BCUT2D eigenvalue weighted by atomic mass is 79.9. The normalized spacial score (nSPS) is 9.09. The Balaban J connectivity index is 0.000000385. The predicted molar refractivity (Wildman–Crippen MR) is 86.8 cm³/mol. The Labute approximate surface area is 144 Å². The summed E-state index contributed by atoms with van der Waals surface area (Å²) in [7, 11) is 0. The van der Waals surface area contributed by atoms with Gasteiger partial charge in [0.15, 0.2) is 11.6 Å². The van der Waals surface area contributed by atoms with Crippen LogP contribution in [-0.4, -0.2) is 26.9 Å². The van der Waals surface area contributed by atoms with E-state index in [2.05, 4.69) is 25.9 Å². The molecular weight excluding hydrogens is 426 g/mol. The van der Waals surface area contributed by atoms with E-state index in [0.717, 1.165) is 24.5 Å². The standard InChI is InChI=1S/C7H5BrFNO.C7H6FNO.BrH/c8-2-7(11)5-1-6(9)4-10-3-5;1-5(10)6-2-7(8)4-9-3-6;/h1,3-4H,2H2;2-4H,1H3;1H. The van der Waals surface area contributed by atoms with Gasteiger partial charge in [0, 0.05) is 23.5 Å². The fourth-order valence-corrected chi connectivity index (χ4v) is 1.57. The van der Waals surface area contributed by atoms with Gasteiger partial charge in [-0.25, -0.2) is 8.78 Å². The van der Waals surface area contributed by atoms with Gasteiger partial charge in [-0.05, 0) is 19.1 Å². The van der Waals surface area contributed by atoms with Crippen LogP contribution < -0.4 is 0 Å². The maximum Gasteiger partial charge on any atom is 0.175 e. The topological polar surface area (TPSA) is 59.9 Å². The lowest BCUT2D eigenvalue weighted by molar-refractivity contribution is 0.101. The number of hydrogen-bond donors (Lipinski definition) is 0. The van der Waals surface area contributed by atoms with Crippen LogP contribution in [0.3, 0.4) is 0 Å². The van der Waals surface area contributed by atoms with E-state index in [4.69, 9.17) is 0 Å². The third-order valence-corrected chi connectivity index (χ3v) is 2.77. The molecule has 0 saturated carbocycles. The lowest BCUT2D eigenvalue weighted by Crippen LogP contribution is -2.00. The molecule has 0 fully saturated rings. The average molecular weight is 438 g/mol. The lowest BCUT2D eigenvalue weighted by atomic mass is 10.2. The van der Waals surface area contributed by atoms with Crippen molar-refractivity contribution in [2.75, 3.05) is 5.33 Å². The molecule has 0 aliphatic heterocycles. The van der Waals surface area contributed by atoms with Gasteiger partial charge in [0.05, 0.1) is 17.7 Å². The summed E-state index contributed by atoms with van der Waals surface area (Å²) < 4.78 is 24.7. The number of pyridine rings is 2. The molecule has 0 spiro atoms. The molecule has 0 aliphatic carbocycles. The Morgan fingerprint density at radius 1 is 1.00 bits per heavy atom. The fraction of sp³-hybridized carbons (Fsp3) is 0.143. The summed E-state index contributed by atoms with van der Waals surface area (Å²) in [6.45, 7) is 1.37. The van der Waals surface area contributed by atoms with Crippen LogP contribution in [0.1, 0.15) is 27.6 Å². The number of Topliss-reactive ketones (excluding diaryl/α,β-unsaturated/α-hetero) is 2. The van der Waals surface area contributed by atoms with E-state index in [-0.39, 0.29) is 33.9 Å². The van der Waals surface area contributed by atoms with Crippen molar-refractivity contribution in [3.8, 4) is 0 Å². The van der Waals surface area contributed by atoms with Crippen LogP contribution in [0.4, 0.5) is 8.78 Å². The van der Waals surface area contributed by atoms with Crippen LogP contribution in [-0.2, 0) is 0 Å². The monoisotopic (exact) mass is 436 g/mol.